The number of para-hydroxylation sites is 1. The van der Waals surface area contributed by atoms with Crippen LogP contribution in [-0.2, 0) is 11.2 Å². The zero-order chi connectivity index (χ0) is 13.5. The highest BCUT2D eigenvalue weighted by molar-refractivity contribution is 5.59. The van der Waals surface area contributed by atoms with Gasteiger partial charge < -0.3 is 4.74 Å². The lowest BCUT2D eigenvalue weighted by atomic mass is 10.1. The number of aliphatic imine (C=N–C) groups is 1. The van der Waals surface area contributed by atoms with E-state index in [1.165, 1.54) is 0 Å². The molecular weight excluding hydrogens is 238 g/mol. The maximum Gasteiger partial charge on any atom is 0.240 e. The van der Waals surface area contributed by atoms with E-state index in [0.29, 0.717) is 17.9 Å². The highest BCUT2D eigenvalue weighted by Gasteiger charge is 2.08. The molecule has 0 heterocycles. The van der Waals surface area contributed by atoms with E-state index in [9.17, 15) is 4.79 Å². The molecule has 2 rings (SSSR count). The minimum atomic E-state index is 0.559. The molecule has 19 heavy (non-hydrogen) atoms. The van der Waals surface area contributed by atoms with Gasteiger partial charge in [0.15, 0.2) is 0 Å². The Morgan fingerprint density at radius 1 is 1.16 bits per heavy atom. The van der Waals surface area contributed by atoms with Crippen molar-refractivity contribution in [1.29, 1.82) is 0 Å². The average molecular weight is 251 g/mol. The van der Waals surface area contributed by atoms with Crippen LogP contribution in [0.5, 0.6) is 11.5 Å². The normalized spacial score (nSPS) is 9.47. The van der Waals surface area contributed by atoms with Gasteiger partial charge in [-0.2, -0.15) is 4.99 Å². The van der Waals surface area contributed by atoms with Crippen molar-refractivity contribution in [2.24, 2.45) is 4.99 Å². The monoisotopic (exact) mass is 251 g/mol. The Labute approximate surface area is 111 Å². The van der Waals surface area contributed by atoms with E-state index in [4.69, 9.17) is 4.74 Å². The molecule has 0 fully saturated rings. The summed E-state index contributed by atoms with van der Waals surface area (Å²) in [6, 6.07) is 14.8. The minimum absolute atomic E-state index is 0.559. The molecule has 0 spiro atoms. The van der Waals surface area contributed by atoms with E-state index >= 15 is 0 Å². The Morgan fingerprint density at radius 3 is 2.63 bits per heavy atom. The van der Waals surface area contributed by atoms with Gasteiger partial charge in [0, 0.05) is 5.56 Å². The first-order chi connectivity index (χ1) is 9.35. The molecule has 0 aliphatic rings. The first-order valence-corrected chi connectivity index (χ1v) is 5.88. The Kier molecular flexibility index (Phi) is 4.27. The molecule has 0 aromatic heterocycles. The molecule has 3 heteroatoms. The summed E-state index contributed by atoms with van der Waals surface area (Å²) in [7, 11) is 0. The van der Waals surface area contributed by atoms with Crippen LogP contribution in [0, 0.1) is 0 Å². The zero-order valence-electron chi connectivity index (χ0n) is 10.4. The van der Waals surface area contributed by atoms with Gasteiger partial charge in [-0.15, -0.1) is 6.58 Å². The van der Waals surface area contributed by atoms with E-state index in [2.05, 4.69) is 11.6 Å². The van der Waals surface area contributed by atoms with Crippen LogP contribution in [0.2, 0.25) is 0 Å². The Morgan fingerprint density at radius 2 is 1.95 bits per heavy atom. The molecule has 0 N–H and O–H groups in total. The van der Waals surface area contributed by atoms with Crippen LogP contribution in [0.4, 0.5) is 5.69 Å². The Hall–Kier alpha value is -2.64. The summed E-state index contributed by atoms with van der Waals surface area (Å²) in [4.78, 5) is 14.1. The molecule has 0 saturated heterocycles. The molecule has 0 saturated carbocycles. The van der Waals surface area contributed by atoms with Gasteiger partial charge in [0.25, 0.3) is 0 Å². The number of allylic oxidation sites excluding steroid dienone is 1. The molecular formula is C16H13NO2. The molecule has 0 aliphatic heterocycles. The van der Waals surface area contributed by atoms with Crippen molar-refractivity contribution in [3.63, 3.8) is 0 Å². The van der Waals surface area contributed by atoms with Crippen LogP contribution in [0.1, 0.15) is 5.56 Å². The average Bonchev–Trinajstić information content (AvgIpc) is 2.44. The van der Waals surface area contributed by atoms with Gasteiger partial charge in [0.05, 0.1) is 5.69 Å². The van der Waals surface area contributed by atoms with E-state index in [1.54, 1.807) is 24.3 Å². The highest BCUT2D eigenvalue weighted by Crippen LogP contribution is 2.32. The second kappa shape index (κ2) is 6.34. The summed E-state index contributed by atoms with van der Waals surface area (Å²) in [5.74, 6) is 1.41. The summed E-state index contributed by atoms with van der Waals surface area (Å²) in [5, 5.41) is 0. The summed E-state index contributed by atoms with van der Waals surface area (Å²) < 4.78 is 5.81. The summed E-state index contributed by atoms with van der Waals surface area (Å²) in [5.41, 5.74) is 1.38. The number of ether oxygens (including phenoxy) is 1. The van der Waals surface area contributed by atoms with Crippen LogP contribution < -0.4 is 4.74 Å². The molecule has 0 aliphatic carbocycles. The molecule has 2 aromatic rings. The first kappa shape index (κ1) is 12.8. The number of carbonyl (C=O) groups excluding carboxylic acids is 1. The molecule has 2 aromatic carbocycles. The van der Waals surface area contributed by atoms with Crippen molar-refractivity contribution in [2.75, 3.05) is 0 Å². The van der Waals surface area contributed by atoms with Crippen LogP contribution in [0.15, 0.2) is 66.2 Å². The lowest BCUT2D eigenvalue weighted by Crippen LogP contribution is -1.91. The van der Waals surface area contributed by atoms with Crippen molar-refractivity contribution in [2.45, 2.75) is 6.42 Å². The standard InChI is InChI=1S/C16H13NO2/c1-2-7-14-15(17-12-18)10-6-11-16(14)19-13-8-4-3-5-9-13/h2-6,8-11H,1,7H2. The fourth-order valence-corrected chi connectivity index (χ4v) is 1.77. The third-order valence-electron chi connectivity index (χ3n) is 2.59. The van der Waals surface area contributed by atoms with Crippen LogP contribution in [-0.4, -0.2) is 6.08 Å². The maximum absolute atomic E-state index is 10.4. The second-order valence-corrected chi connectivity index (χ2v) is 3.86. The molecule has 0 atom stereocenters. The lowest BCUT2D eigenvalue weighted by Gasteiger charge is -2.11. The number of isocyanates is 1. The van der Waals surface area contributed by atoms with Gasteiger partial charge in [-0.25, -0.2) is 4.79 Å². The predicted octanol–water partition coefficient (Wildman–Crippen LogP) is 4.17. The van der Waals surface area contributed by atoms with Crippen LogP contribution >= 0.6 is 0 Å². The number of nitrogens with zero attached hydrogens (tertiary/aromatic N) is 1. The number of hydrogen-bond donors (Lipinski definition) is 0. The van der Waals surface area contributed by atoms with Crippen molar-refractivity contribution < 1.29 is 9.53 Å². The minimum Gasteiger partial charge on any atom is -0.457 e. The molecule has 0 bridgehead atoms. The fourth-order valence-electron chi connectivity index (χ4n) is 1.77. The largest absolute Gasteiger partial charge is 0.457 e. The predicted molar refractivity (Wildman–Crippen MR) is 74.6 cm³/mol. The molecule has 0 amide bonds. The van der Waals surface area contributed by atoms with E-state index < -0.39 is 0 Å². The molecule has 3 nitrogen and oxygen atoms in total. The third-order valence-corrected chi connectivity index (χ3v) is 2.59. The van der Waals surface area contributed by atoms with Gasteiger partial charge in [-0.3, -0.25) is 0 Å². The molecule has 0 unspecified atom stereocenters. The zero-order valence-corrected chi connectivity index (χ0v) is 10.4. The molecule has 94 valence electrons. The smallest absolute Gasteiger partial charge is 0.240 e. The SMILES string of the molecule is C=CCc1c(N=C=O)cccc1Oc1ccccc1. The Bertz CT molecular complexity index is 614. The van der Waals surface area contributed by atoms with Gasteiger partial charge in [-0.05, 0) is 30.7 Å². The number of hydrogen-bond acceptors (Lipinski definition) is 3. The van der Waals surface area contributed by atoms with E-state index in [1.807, 2.05) is 36.4 Å². The van der Waals surface area contributed by atoms with Crippen LogP contribution in [0.3, 0.4) is 0 Å². The quantitative estimate of drug-likeness (QED) is 0.454. The van der Waals surface area contributed by atoms with Gasteiger partial charge in [-0.1, -0.05) is 30.3 Å². The van der Waals surface area contributed by atoms with Crippen molar-refractivity contribution >= 4 is 11.8 Å². The first-order valence-electron chi connectivity index (χ1n) is 5.88. The topological polar surface area (TPSA) is 38.7 Å². The number of rotatable bonds is 5. The van der Waals surface area contributed by atoms with E-state index in [0.717, 1.165) is 11.3 Å². The lowest BCUT2D eigenvalue weighted by molar-refractivity contribution is 0.478. The third kappa shape index (κ3) is 3.18. The number of benzene rings is 2. The molecule has 0 radical (unpaired) electrons. The second-order valence-electron chi connectivity index (χ2n) is 3.86. The van der Waals surface area contributed by atoms with Gasteiger partial charge in [0.1, 0.15) is 11.5 Å². The highest BCUT2D eigenvalue weighted by atomic mass is 16.5. The summed E-state index contributed by atoms with van der Waals surface area (Å²) >= 11 is 0. The maximum atomic E-state index is 10.4. The summed E-state index contributed by atoms with van der Waals surface area (Å²) in [6.45, 7) is 3.71. The van der Waals surface area contributed by atoms with Gasteiger partial charge in [0.2, 0.25) is 6.08 Å². The van der Waals surface area contributed by atoms with E-state index in [-0.39, 0.29) is 0 Å². The summed E-state index contributed by atoms with van der Waals surface area (Å²) in [6.07, 6.45) is 3.88. The van der Waals surface area contributed by atoms with Crippen LogP contribution in [0.25, 0.3) is 0 Å². The fraction of sp³-hybridized carbons (Fsp3) is 0.0625. The van der Waals surface area contributed by atoms with Gasteiger partial charge >= 0.3 is 0 Å². The van der Waals surface area contributed by atoms with Crippen molar-refractivity contribution in [3.8, 4) is 11.5 Å². The van der Waals surface area contributed by atoms with Crippen molar-refractivity contribution in [3.05, 3.63) is 66.7 Å². The Balaban J connectivity index is 2.41. The van der Waals surface area contributed by atoms with Crippen molar-refractivity contribution in [1.82, 2.24) is 0 Å².